The average molecular weight is 330 g/mol. The van der Waals surface area contributed by atoms with Gasteiger partial charge in [-0.3, -0.25) is 9.59 Å². The van der Waals surface area contributed by atoms with Crippen molar-refractivity contribution in [2.75, 3.05) is 0 Å². The molecule has 1 amide bonds. The number of carboxylic acid groups (broad SMARTS) is 1. The van der Waals surface area contributed by atoms with Crippen LogP contribution in [0.25, 0.3) is 10.4 Å². The molecule has 1 aliphatic rings. The first-order valence-corrected chi connectivity index (χ1v) is 7.62. The van der Waals surface area contributed by atoms with Crippen molar-refractivity contribution in [2.24, 2.45) is 11.0 Å². The lowest BCUT2D eigenvalue weighted by atomic mass is 9.95. The summed E-state index contributed by atoms with van der Waals surface area (Å²) in [6, 6.07) is 3.67. The average Bonchev–Trinajstić information content (AvgIpc) is 2.87. The molecule has 1 unspecified atom stereocenters. The van der Waals surface area contributed by atoms with Gasteiger partial charge >= 0.3 is 5.97 Å². The van der Waals surface area contributed by atoms with Gasteiger partial charge in [0.1, 0.15) is 12.0 Å². The Morgan fingerprint density at radius 2 is 2.21 bits per heavy atom. The molecule has 24 heavy (non-hydrogen) atoms. The maximum absolute atomic E-state index is 12.5. The molecule has 0 aliphatic heterocycles. The van der Waals surface area contributed by atoms with Crippen LogP contribution in [0.3, 0.4) is 0 Å². The summed E-state index contributed by atoms with van der Waals surface area (Å²) in [6.45, 7) is 3.55. The van der Waals surface area contributed by atoms with Gasteiger partial charge in [0.05, 0.1) is 0 Å². The zero-order valence-electron chi connectivity index (χ0n) is 13.4. The molecule has 0 aromatic heterocycles. The molecule has 1 aromatic carbocycles. The number of benzene rings is 1. The maximum atomic E-state index is 12.5. The Labute approximate surface area is 138 Å². The molecule has 0 saturated heterocycles. The number of nitrogens with zero attached hydrogens (tertiary/aromatic N) is 3. The third kappa shape index (κ3) is 3.38. The van der Waals surface area contributed by atoms with Gasteiger partial charge in [-0.15, -0.1) is 0 Å². The van der Waals surface area contributed by atoms with Gasteiger partial charge in [0.15, 0.2) is 5.78 Å². The molecular formula is C16H18N4O4. The number of fused-ring (bicyclic) bond motifs is 1. The highest BCUT2D eigenvalue weighted by atomic mass is 16.4. The number of azide groups is 1. The van der Waals surface area contributed by atoms with Gasteiger partial charge in [0.2, 0.25) is 5.91 Å². The molecule has 0 fully saturated rings. The van der Waals surface area contributed by atoms with E-state index in [4.69, 9.17) is 5.53 Å². The van der Waals surface area contributed by atoms with Gasteiger partial charge in [0.25, 0.3) is 0 Å². The van der Waals surface area contributed by atoms with Crippen molar-refractivity contribution in [3.63, 3.8) is 0 Å². The Hall–Kier alpha value is -2.86. The molecule has 126 valence electrons. The largest absolute Gasteiger partial charge is 0.480 e. The second-order valence-electron chi connectivity index (χ2n) is 5.86. The summed E-state index contributed by atoms with van der Waals surface area (Å²) in [7, 11) is 0. The lowest BCUT2D eigenvalue weighted by Crippen LogP contribution is -2.47. The monoisotopic (exact) mass is 330 g/mol. The molecule has 3 atom stereocenters. The predicted octanol–water partition coefficient (Wildman–Crippen LogP) is 2.45. The highest BCUT2D eigenvalue weighted by Crippen LogP contribution is 2.33. The highest BCUT2D eigenvalue weighted by molar-refractivity contribution is 6.11. The van der Waals surface area contributed by atoms with Crippen LogP contribution >= 0.6 is 0 Å². The molecule has 8 heteroatoms. The van der Waals surface area contributed by atoms with E-state index in [2.05, 4.69) is 15.3 Å². The van der Waals surface area contributed by atoms with Crippen LogP contribution in [-0.2, 0) is 20.8 Å². The van der Waals surface area contributed by atoms with Crippen LogP contribution in [0.5, 0.6) is 0 Å². The van der Waals surface area contributed by atoms with E-state index in [0.29, 0.717) is 23.2 Å². The quantitative estimate of drug-likeness (QED) is 0.359. The zero-order valence-corrected chi connectivity index (χ0v) is 13.4. The Balaban J connectivity index is 2.30. The van der Waals surface area contributed by atoms with E-state index in [1.165, 1.54) is 6.07 Å². The van der Waals surface area contributed by atoms with Gasteiger partial charge in [-0.25, -0.2) is 4.79 Å². The van der Waals surface area contributed by atoms with Crippen molar-refractivity contribution >= 4 is 23.3 Å². The lowest BCUT2D eigenvalue weighted by Gasteiger charge is -2.22. The fourth-order valence-corrected chi connectivity index (χ4v) is 2.80. The molecule has 0 bridgehead atoms. The fourth-order valence-electron chi connectivity index (χ4n) is 2.80. The molecule has 0 saturated carbocycles. The number of carbonyl (C=O) groups excluding carboxylic acids is 2. The normalized spacial score (nSPS) is 18.2. The number of carbonyl (C=O) groups is 3. The first-order valence-electron chi connectivity index (χ1n) is 7.62. The lowest BCUT2D eigenvalue weighted by molar-refractivity contribution is -0.144. The fraction of sp³-hybridized carbons (Fsp3) is 0.438. The van der Waals surface area contributed by atoms with E-state index in [-0.39, 0.29) is 18.1 Å². The van der Waals surface area contributed by atoms with Crippen molar-refractivity contribution in [3.8, 4) is 0 Å². The molecule has 1 aromatic rings. The van der Waals surface area contributed by atoms with Crippen molar-refractivity contribution in [1.29, 1.82) is 0 Å². The second kappa shape index (κ2) is 7.14. The van der Waals surface area contributed by atoms with Crippen molar-refractivity contribution in [3.05, 3.63) is 39.8 Å². The van der Waals surface area contributed by atoms with Gasteiger partial charge in [-0.2, -0.15) is 0 Å². The van der Waals surface area contributed by atoms with Crippen LogP contribution in [-0.4, -0.2) is 28.8 Å². The van der Waals surface area contributed by atoms with E-state index in [0.717, 1.165) is 0 Å². The predicted molar refractivity (Wildman–Crippen MR) is 85.7 cm³/mol. The van der Waals surface area contributed by atoms with Crippen molar-refractivity contribution in [2.45, 2.75) is 38.6 Å². The number of amides is 1. The summed E-state index contributed by atoms with van der Waals surface area (Å²) in [5, 5.41) is 15.2. The summed E-state index contributed by atoms with van der Waals surface area (Å²) in [5.41, 5.74) is 9.97. The maximum Gasteiger partial charge on any atom is 0.326 e. The minimum atomic E-state index is -1.13. The molecular weight excluding hydrogens is 312 g/mol. The Morgan fingerprint density at radius 3 is 2.79 bits per heavy atom. The SMILES string of the molecule is CC[C@H](C)[C@H](NC(=O)C1C(=O)Cc2ccc(N=[N+]=[N-])cc21)C(=O)O. The van der Waals surface area contributed by atoms with Crippen molar-refractivity contribution in [1.82, 2.24) is 5.32 Å². The summed E-state index contributed by atoms with van der Waals surface area (Å²) < 4.78 is 0. The van der Waals surface area contributed by atoms with Crippen molar-refractivity contribution < 1.29 is 19.5 Å². The minimum Gasteiger partial charge on any atom is -0.480 e. The second-order valence-corrected chi connectivity index (χ2v) is 5.86. The number of rotatable bonds is 6. The third-order valence-electron chi connectivity index (χ3n) is 4.33. The standard InChI is InChI=1S/C16H18N4O4/c1-3-8(2)14(16(23)24)18-15(22)13-11-7-10(19-20-17)5-4-9(11)6-12(13)21/h4-5,7-8,13-14H,3,6H2,1-2H3,(H,18,22)(H,23,24)/t8-,13?,14-/m0/s1. The topological polar surface area (TPSA) is 132 Å². The number of aliphatic carboxylic acids is 1. The molecule has 2 N–H and O–H groups in total. The van der Waals surface area contributed by atoms with Gasteiger partial charge in [-0.05, 0) is 28.6 Å². The Morgan fingerprint density at radius 1 is 1.50 bits per heavy atom. The molecule has 1 aliphatic carbocycles. The number of hydrogen-bond donors (Lipinski definition) is 2. The number of ketones is 1. The minimum absolute atomic E-state index is 0.102. The molecule has 8 nitrogen and oxygen atoms in total. The number of hydrogen-bond acceptors (Lipinski definition) is 4. The van der Waals surface area contributed by atoms with Crippen LogP contribution in [0.15, 0.2) is 23.3 Å². The van der Waals surface area contributed by atoms with E-state index < -0.39 is 23.8 Å². The van der Waals surface area contributed by atoms with E-state index in [1.807, 2.05) is 6.92 Å². The van der Waals surface area contributed by atoms with E-state index in [9.17, 15) is 19.5 Å². The molecule has 0 radical (unpaired) electrons. The van der Waals surface area contributed by atoms with E-state index >= 15 is 0 Å². The Bertz CT molecular complexity index is 740. The smallest absolute Gasteiger partial charge is 0.326 e. The summed E-state index contributed by atoms with van der Waals surface area (Å²) >= 11 is 0. The van der Waals surface area contributed by atoms with Crippen LogP contribution in [0.4, 0.5) is 5.69 Å². The summed E-state index contributed by atoms with van der Waals surface area (Å²) in [5.74, 6) is -3.40. The molecule has 0 spiro atoms. The number of carboxylic acids is 1. The van der Waals surface area contributed by atoms with Crippen LogP contribution in [0.2, 0.25) is 0 Å². The van der Waals surface area contributed by atoms with Crippen LogP contribution < -0.4 is 5.32 Å². The summed E-state index contributed by atoms with van der Waals surface area (Å²) in [4.78, 5) is 38.8. The summed E-state index contributed by atoms with van der Waals surface area (Å²) in [6.07, 6.45) is 0.679. The van der Waals surface area contributed by atoms with E-state index in [1.54, 1.807) is 19.1 Å². The first kappa shape index (κ1) is 17.5. The molecule has 2 rings (SSSR count). The van der Waals surface area contributed by atoms with Gasteiger partial charge in [0, 0.05) is 17.0 Å². The number of Topliss-reactive ketones (excluding diaryl/α,β-unsaturated/α-hetero) is 1. The van der Waals surface area contributed by atoms with Crippen LogP contribution in [0, 0.1) is 5.92 Å². The third-order valence-corrected chi connectivity index (χ3v) is 4.33. The molecule has 0 heterocycles. The zero-order chi connectivity index (χ0) is 17.9. The first-order chi connectivity index (χ1) is 11.4. The van der Waals surface area contributed by atoms with Crippen LogP contribution in [0.1, 0.15) is 37.3 Å². The highest BCUT2D eigenvalue weighted by Gasteiger charge is 2.38. The Kier molecular flexibility index (Phi) is 5.21. The van der Waals surface area contributed by atoms with Gasteiger partial charge in [-0.1, -0.05) is 37.5 Å². The number of nitrogens with one attached hydrogen (secondary N) is 1. The van der Waals surface area contributed by atoms with Gasteiger partial charge < -0.3 is 10.4 Å².